The average Bonchev–Trinajstić information content (AvgIpc) is 3.18. The molecule has 1 heterocycles. The molecule has 1 saturated heterocycles. The zero-order valence-electron chi connectivity index (χ0n) is 19.8. The Labute approximate surface area is 223 Å². The predicted molar refractivity (Wildman–Crippen MR) is 147 cm³/mol. The molecule has 1 unspecified atom stereocenters. The number of carbonyl (C=O) groups excluding carboxylic acids is 2. The molecule has 1 aliphatic heterocycles. The molecular weight excluding hydrogens is 538 g/mol. The van der Waals surface area contributed by atoms with Gasteiger partial charge in [0.25, 0.3) is 5.91 Å². The molecule has 0 radical (unpaired) electrons. The number of carbonyl (C=O) groups is 2. The summed E-state index contributed by atoms with van der Waals surface area (Å²) < 4.78 is 6.48. The van der Waals surface area contributed by atoms with E-state index in [1.807, 2.05) is 62.4 Å². The van der Waals surface area contributed by atoms with Crippen molar-refractivity contribution in [2.75, 3.05) is 16.8 Å². The molecule has 1 fully saturated rings. The minimum atomic E-state index is -0.553. The van der Waals surface area contributed by atoms with Crippen molar-refractivity contribution in [3.8, 4) is 11.8 Å². The highest BCUT2D eigenvalue weighted by Crippen LogP contribution is 2.42. The predicted octanol–water partition coefficient (Wildman–Crippen LogP) is 6.22. The summed E-state index contributed by atoms with van der Waals surface area (Å²) in [6, 6.07) is 24.2. The summed E-state index contributed by atoms with van der Waals surface area (Å²) in [5.74, 6) is -0.0591. The highest BCUT2D eigenvalue weighted by atomic mass is 79.9. The van der Waals surface area contributed by atoms with E-state index in [4.69, 9.17) is 4.74 Å². The molecule has 182 valence electrons. The first kappa shape index (κ1) is 25.5. The number of amides is 2. The van der Waals surface area contributed by atoms with Crippen LogP contribution in [0.3, 0.4) is 0 Å². The van der Waals surface area contributed by atoms with Crippen molar-refractivity contribution in [2.24, 2.45) is 0 Å². The number of ether oxygens (including phenoxy) is 1. The van der Waals surface area contributed by atoms with Crippen LogP contribution in [0.15, 0.2) is 87.9 Å². The van der Waals surface area contributed by atoms with Gasteiger partial charge in [0.2, 0.25) is 5.91 Å². The molecule has 1 N–H and O–H groups in total. The molecule has 3 aromatic rings. The van der Waals surface area contributed by atoms with E-state index in [1.165, 1.54) is 16.7 Å². The number of anilines is 2. The molecule has 0 aromatic heterocycles. The Morgan fingerprint density at radius 2 is 1.81 bits per heavy atom. The molecule has 36 heavy (non-hydrogen) atoms. The Hall–Kier alpha value is -3.54. The third kappa shape index (κ3) is 5.64. The van der Waals surface area contributed by atoms with E-state index in [2.05, 4.69) is 21.2 Å². The van der Waals surface area contributed by atoms with Crippen LogP contribution in [-0.2, 0) is 16.0 Å². The number of aryl methyl sites for hydroxylation is 1. The second-order valence-electron chi connectivity index (χ2n) is 8.10. The molecule has 0 saturated carbocycles. The highest BCUT2D eigenvalue weighted by Gasteiger charge is 2.40. The summed E-state index contributed by atoms with van der Waals surface area (Å²) in [6.07, 6.45) is 0.464. The van der Waals surface area contributed by atoms with Crippen molar-refractivity contribution < 1.29 is 14.3 Å². The van der Waals surface area contributed by atoms with Gasteiger partial charge >= 0.3 is 0 Å². The van der Waals surface area contributed by atoms with Crippen molar-refractivity contribution in [3.05, 3.63) is 99.0 Å². The lowest BCUT2D eigenvalue weighted by atomic mass is 10.1. The van der Waals surface area contributed by atoms with E-state index >= 15 is 0 Å². The van der Waals surface area contributed by atoms with Crippen LogP contribution in [0, 0.1) is 18.3 Å². The second-order valence-corrected chi connectivity index (χ2v) is 10.2. The smallest absolute Gasteiger partial charge is 0.269 e. The van der Waals surface area contributed by atoms with Crippen molar-refractivity contribution in [1.82, 2.24) is 0 Å². The maximum absolute atomic E-state index is 13.6. The highest BCUT2D eigenvalue weighted by molar-refractivity contribution is 9.10. The van der Waals surface area contributed by atoms with Gasteiger partial charge in [0, 0.05) is 15.8 Å². The van der Waals surface area contributed by atoms with Gasteiger partial charge in [-0.2, -0.15) is 5.26 Å². The molecule has 1 atom stereocenters. The first-order valence-electron chi connectivity index (χ1n) is 11.4. The number of thioether (sulfide) groups is 1. The SMILES string of the molecule is CCOc1ccc(N2C(=O)C(Cc3ccc(Br)cc3)S/C2=C(/C#N)C(=O)Nc2ccccc2C)cc1. The molecule has 8 heteroatoms. The number of rotatable bonds is 7. The van der Waals surface area contributed by atoms with Crippen LogP contribution in [0.5, 0.6) is 5.75 Å². The largest absolute Gasteiger partial charge is 0.494 e. The third-order valence-corrected chi connectivity index (χ3v) is 7.43. The number of hydrogen-bond acceptors (Lipinski definition) is 5. The van der Waals surface area contributed by atoms with Crippen LogP contribution >= 0.6 is 27.7 Å². The Bertz CT molecular complexity index is 1350. The Morgan fingerprint density at radius 1 is 1.11 bits per heavy atom. The van der Waals surface area contributed by atoms with E-state index in [1.54, 1.807) is 30.3 Å². The zero-order chi connectivity index (χ0) is 25.7. The fourth-order valence-electron chi connectivity index (χ4n) is 3.81. The van der Waals surface area contributed by atoms with Crippen LogP contribution in [0.2, 0.25) is 0 Å². The van der Waals surface area contributed by atoms with Crippen molar-refractivity contribution >= 4 is 50.9 Å². The van der Waals surface area contributed by atoms with Gasteiger partial charge in [0.1, 0.15) is 22.4 Å². The van der Waals surface area contributed by atoms with Crippen molar-refractivity contribution in [3.63, 3.8) is 0 Å². The van der Waals surface area contributed by atoms with Crippen molar-refractivity contribution in [1.29, 1.82) is 5.26 Å². The van der Waals surface area contributed by atoms with Gasteiger partial charge in [-0.1, -0.05) is 58.0 Å². The number of para-hydroxylation sites is 1. The normalized spacial score (nSPS) is 16.4. The molecule has 6 nitrogen and oxygen atoms in total. The minimum absolute atomic E-state index is 0.108. The summed E-state index contributed by atoms with van der Waals surface area (Å²) in [7, 11) is 0. The lowest BCUT2D eigenvalue weighted by molar-refractivity contribution is -0.117. The number of hydrogen-bond donors (Lipinski definition) is 1. The molecule has 2 amide bonds. The van der Waals surface area contributed by atoms with Crippen LogP contribution in [-0.4, -0.2) is 23.7 Å². The first-order chi connectivity index (χ1) is 17.4. The number of nitriles is 1. The Balaban J connectivity index is 1.72. The molecule has 3 aromatic carbocycles. The van der Waals surface area contributed by atoms with Crippen LogP contribution < -0.4 is 15.0 Å². The Morgan fingerprint density at radius 3 is 2.44 bits per heavy atom. The summed E-state index contributed by atoms with van der Waals surface area (Å²) in [5, 5.41) is 12.7. The second kappa shape index (κ2) is 11.5. The van der Waals surface area contributed by atoms with Gasteiger partial charge in [-0.3, -0.25) is 14.5 Å². The standard InChI is InChI=1S/C28H24BrN3O3S/c1-3-35-22-14-12-21(13-15-22)32-27(34)25(16-19-8-10-20(29)11-9-19)36-28(32)23(17-30)26(33)31-24-7-5-4-6-18(24)2/h4-15,25H,3,16H2,1-2H3,(H,31,33)/b28-23-. The zero-order valence-corrected chi connectivity index (χ0v) is 22.2. The number of nitrogens with one attached hydrogen (secondary N) is 1. The lowest BCUT2D eigenvalue weighted by Crippen LogP contribution is -2.31. The maximum Gasteiger partial charge on any atom is 0.269 e. The summed E-state index contributed by atoms with van der Waals surface area (Å²) in [6.45, 7) is 4.30. The van der Waals surface area contributed by atoms with Crippen LogP contribution in [0.4, 0.5) is 11.4 Å². The summed E-state index contributed by atoms with van der Waals surface area (Å²) in [4.78, 5) is 28.4. The molecular formula is C28H24BrN3O3S. The quantitative estimate of drug-likeness (QED) is 0.273. The number of halogens is 1. The van der Waals surface area contributed by atoms with Gasteiger partial charge in [0.05, 0.1) is 11.9 Å². The van der Waals surface area contributed by atoms with Gasteiger partial charge in [-0.15, -0.1) is 0 Å². The molecule has 1 aliphatic rings. The minimum Gasteiger partial charge on any atom is -0.494 e. The summed E-state index contributed by atoms with van der Waals surface area (Å²) in [5.41, 5.74) is 2.94. The first-order valence-corrected chi connectivity index (χ1v) is 13.1. The average molecular weight is 562 g/mol. The number of nitrogens with zero attached hydrogens (tertiary/aromatic N) is 2. The van der Waals surface area contributed by atoms with Crippen LogP contribution in [0.25, 0.3) is 0 Å². The van der Waals surface area contributed by atoms with E-state index in [-0.39, 0.29) is 11.5 Å². The lowest BCUT2D eigenvalue weighted by Gasteiger charge is -2.19. The van der Waals surface area contributed by atoms with Gasteiger partial charge < -0.3 is 10.1 Å². The monoisotopic (exact) mass is 561 g/mol. The van der Waals surface area contributed by atoms with E-state index < -0.39 is 11.2 Å². The fourth-order valence-corrected chi connectivity index (χ4v) is 5.39. The molecule has 0 aliphatic carbocycles. The molecule has 0 bridgehead atoms. The van der Waals surface area contributed by atoms with Crippen LogP contribution in [0.1, 0.15) is 18.1 Å². The summed E-state index contributed by atoms with van der Waals surface area (Å²) >= 11 is 4.68. The van der Waals surface area contributed by atoms with Gasteiger partial charge in [-0.25, -0.2) is 0 Å². The van der Waals surface area contributed by atoms with E-state index in [0.717, 1.165) is 15.6 Å². The third-order valence-electron chi connectivity index (χ3n) is 5.64. The van der Waals surface area contributed by atoms with Crippen molar-refractivity contribution in [2.45, 2.75) is 25.5 Å². The fraction of sp³-hybridized carbons (Fsp3) is 0.179. The van der Waals surface area contributed by atoms with Gasteiger partial charge in [0.15, 0.2) is 0 Å². The maximum atomic E-state index is 13.6. The Kier molecular flexibility index (Phi) is 8.14. The van der Waals surface area contributed by atoms with E-state index in [0.29, 0.717) is 35.2 Å². The number of benzene rings is 3. The van der Waals surface area contributed by atoms with Gasteiger partial charge in [-0.05, 0) is 73.9 Å². The topological polar surface area (TPSA) is 82.4 Å². The molecule has 0 spiro atoms. The van der Waals surface area contributed by atoms with E-state index in [9.17, 15) is 14.9 Å². The molecule has 4 rings (SSSR count).